The molecule has 1 N–H and O–H groups in total. The lowest BCUT2D eigenvalue weighted by atomic mass is 9.99. The zero-order valence-corrected chi connectivity index (χ0v) is 22.3. The molecule has 4 heterocycles. The van der Waals surface area contributed by atoms with Crippen LogP contribution in [0.1, 0.15) is 34.3 Å². The molecule has 10 heteroatoms. The summed E-state index contributed by atoms with van der Waals surface area (Å²) in [6.45, 7) is 7.39. The molecular formula is C29H31N7O3. The van der Waals surface area contributed by atoms with E-state index in [2.05, 4.69) is 49.4 Å². The summed E-state index contributed by atoms with van der Waals surface area (Å²) in [7, 11) is 1.69. The van der Waals surface area contributed by atoms with Crippen LogP contribution in [0.25, 0.3) is 10.9 Å². The van der Waals surface area contributed by atoms with E-state index in [9.17, 15) is 4.79 Å². The number of anilines is 1. The molecule has 5 aromatic rings. The van der Waals surface area contributed by atoms with Crippen molar-refractivity contribution in [3.63, 3.8) is 0 Å². The van der Waals surface area contributed by atoms with Crippen molar-refractivity contribution >= 4 is 16.6 Å². The maximum atomic E-state index is 13.7. The number of furan rings is 1. The van der Waals surface area contributed by atoms with Crippen LogP contribution in [0.4, 0.5) is 5.69 Å². The summed E-state index contributed by atoms with van der Waals surface area (Å²) in [5.74, 6) is 2.19. The van der Waals surface area contributed by atoms with Crippen LogP contribution in [0.15, 0.2) is 70.1 Å². The van der Waals surface area contributed by atoms with Gasteiger partial charge in [-0.2, -0.15) is 0 Å². The topological polar surface area (TPSA) is 105 Å². The standard InChI is InChI=1S/C29H31N7O3/c1-19-10-11-20(2)26-22(19)17-23(29(37)30-26)27(28-31-32-33-36(28)18-21-7-6-16-39-21)35-14-12-34(13-15-35)24-8-4-5-9-25(24)38-3/h4-11,16-17,27H,12-15,18H2,1-3H3,(H,30,37). The highest BCUT2D eigenvalue weighted by Crippen LogP contribution is 2.32. The molecule has 0 saturated carbocycles. The van der Waals surface area contributed by atoms with Gasteiger partial charge in [0.2, 0.25) is 0 Å². The van der Waals surface area contributed by atoms with Gasteiger partial charge in [-0.05, 0) is 65.7 Å². The van der Waals surface area contributed by atoms with Crippen LogP contribution in [0, 0.1) is 13.8 Å². The number of fused-ring (bicyclic) bond motifs is 1. The number of aromatic amines is 1. The molecule has 0 radical (unpaired) electrons. The van der Waals surface area contributed by atoms with Crippen molar-refractivity contribution in [3.05, 3.63) is 99.5 Å². The largest absolute Gasteiger partial charge is 0.495 e. The van der Waals surface area contributed by atoms with Crippen LogP contribution in [-0.2, 0) is 6.54 Å². The third kappa shape index (κ3) is 4.67. The number of nitrogens with zero attached hydrogens (tertiary/aromatic N) is 6. The minimum atomic E-state index is -0.442. The van der Waals surface area contributed by atoms with Crippen LogP contribution in [0.2, 0.25) is 0 Å². The maximum Gasteiger partial charge on any atom is 0.253 e. The number of para-hydroxylation sites is 2. The van der Waals surface area contributed by atoms with Gasteiger partial charge in [0, 0.05) is 37.1 Å². The molecule has 3 aromatic heterocycles. The van der Waals surface area contributed by atoms with E-state index in [-0.39, 0.29) is 5.56 Å². The van der Waals surface area contributed by atoms with Gasteiger partial charge in [0.15, 0.2) is 5.82 Å². The molecule has 1 unspecified atom stereocenters. The van der Waals surface area contributed by atoms with E-state index >= 15 is 0 Å². The molecule has 10 nitrogen and oxygen atoms in total. The Labute approximate surface area is 225 Å². The summed E-state index contributed by atoms with van der Waals surface area (Å²) in [5, 5.41) is 13.7. The summed E-state index contributed by atoms with van der Waals surface area (Å²) in [5.41, 5.74) is 4.54. The molecule has 0 bridgehead atoms. The first kappa shape index (κ1) is 24.9. The van der Waals surface area contributed by atoms with Crippen LogP contribution in [-0.4, -0.2) is 63.4 Å². The number of ether oxygens (including phenoxy) is 1. The molecular weight excluding hydrogens is 494 g/mol. The monoisotopic (exact) mass is 525 g/mol. The Balaban J connectivity index is 1.41. The SMILES string of the molecule is COc1ccccc1N1CCN(C(c2cc3c(C)ccc(C)c3[nH]c2=O)c2nnnn2Cc2ccco2)CC1. The fourth-order valence-electron chi connectivity index (χ4n) is 5.48. The summed E-state index contributed by atoms with van der Waals surface area (Å²) in [6.07, 6.45) is 1.63. The number of hydrogen-bond donors (Lipinski definition) is 1. The first-order valence-electron chi connectivity index (χ1n) is 13.1. The number of tetrazole rings is 1. The third-order valence-corrected chi connectivity index (χ3v) is 7.56. The van der Waals surface area contributed by atoms with E-state index in [1.54, 1.807) is 18.1 Å². The van der Waals surface area contributed by atoms with E-state index in [0.717, 1.165) is 52.3 Å². The van der Waals surface area contributed by atoms with Crippen LogP contribution < -0.4 is 15.2 Å². The van der Waals surface area contributed by atoms with Gasteiger partial charge in [-0.15, -0.1) is 5.10 Å². The lowest BCUT2D eigenvalue weighted by molar-refractivity contribution is 0.199. The van der Waals surface area contributed by atoms with Crippen molar-refractivity contribution in [1.82, 2.24) is 30.1 Å². The number of H-pyrrole nitrogens is 1. The molecule has 1 aliphatic heterocycles. The zero-order chi connectivity index (χ0) is 26.9. The number of aromatic nitrogens is 5. The van der Waals surface area contributed by atoms with Crippen molar-refractivity contribution in [2.75, 3.05) is 38.2 Å². The van der Waals surface area contributed by atoms with Gasteiger partial charge in [-0.3, -0.25) is 9.69 Å². The first-order valence-corrected chi connectivity index (χ1v) is 13.1. The molecule has 1 aliphatic rings. The van der Waals surface area contributed by atoms with Crippen molar-refractivity contribution in [3.8, 4) is 5.75 Å². The number of rotatable bonds is 7. The van der Waals surface area contributed by atoms with Gasteiger partial charge in [-0.1, -0.05) is 24.3 Å². The molecule has 200 valence electrons. The lowest BCUT2D eigenvalue weighted by Gasteiger charge is -2.40. The fourth-order valence-corrected chi connectivity index (χ4v) is 5.48. The van der Waals surface area contributed by atoms with Crippen LogP contribution >= 0.6 is 0 Å². The van der Waals surface area contributed by atoms with E-state index < -0.39 is 6.04 Å². The Morgan fingerprint density at radius 1 is 1.03 bits per heavy atom. The molecule has 0 aliphatic carbocycles. The van der Waals surface area contributed by atoms with E-state index in [1.807, 2.05) is 49.4 Å². The minimum Gasteiger partial charge on any atom is -0.495 e. The number of aryl methyl sites for hydroxylation is 2. The van der Waals surface area contributed by atoms with Crippen LogP contribution in [0.3, 0.4) is 0 Å². The highest BCUT2D eigenvalue weighted by Gasteiger charge is 2.33. The van der Waals surface area contributed by atoms with Crippen molar-refractivity contribution < 1.29 is 9.15 Å². The number of benzene rings is 2. The van der Waals surface area contributed by atoms with E-state index in [0.29, 0.717) is 31.0 Å². The summed E-state index contributed by atoms with van der Waals surface area (Å²) >= 11 is 0. The van der Waals surface area contributed by atoms with Crippen molar-refractivity contribution in [2.45, 2.75) is 26.4 Å². The zero-order valence-electron chi connectivity index (χ0n) is 22.3. The third-order valence-electron chi connectivity index (χ3n) is 7.56. The van der Waals surface area contributed by atoms with Gasteiger partial charge in [-0.25, -0.2) is 4.68 Å². The average molecular weight is 526 g/mol. The Morgan fingerprint density at radius 3 is 2.59 bits per heavy atom. The molecule has 1 atom stereocenters. The van der Waals surface area contributed by atoms with Gasteiger partial charge in [0.1, 0.15) is 24.1 Å². The minimum absolute atomic E-state index is 0.138. The fraction of sp³-hybridized carbons (Fsp3) is 0.310. The number of hydrogen-bond acceptors (Lipinski definition) is 8. The van der Waals surface area contributed by atoms with Crippen molar-refractivity contribution in [2.24, 2.45) is 0 Å². The summed E-state index contributed by atoms with van der Waals surface area (Å²) < 4.78 is 12.9. The molecule has 1 fully saturated rings. The molecule has 0 amide bonds. The number of pyridine rings is 1. The average Bonchev–Trinajstić information content (AvgIpc) is 3.65. The number of nitrogens with one attached hydrogen (secondary N) is 1. The number of methoxy groups -OCH3 is 1. The molecule has 1 saturated heterocycles. The van der Waals surface area contributed by atoms with E-state index in [4.69, 9.17) is 9.15 Å². The molecule has 2 aromatic carbocycles. The Hall–Kier alpha value is -4.44. The Bertz CT molecular complexity index is 1650. The second-order valence-corrected chi connectivity index (χ2v) is 9.91. The maximum absolute atomic E-state index is 13.7. The smallest absolute Gasteiger partial charge is 0.253 e. The Morgan fingerprint density at radius 2 is 1.82 bits per heavy atom. The first-order chi connectivity index (χ1) is 19.0. The predicted octanol–water partition coefficient (Wildman–Crippen LogP) is 3.69. The summed E-state index contributed by atoms with van der Waals surface area (Å²) in [6, 6.07) is 17.5. The van der Waals surface area contributed by atoms with Gasteiger partial charge in [0.05, 0.1) is 24.6 Å². The molecule has 0 spiro atoms. The van der Waals surface area contributed by atoms with Gasteiger partial charge in [0.25, 0.3) is 5.56 Å². The second kappa shape index (κ2) is 10.4. The highest BCUT2D eigenvalue weighted by molar-refractivity contribution is 5.85. The van der Waals surface area contributed by atoms with Gasteiger partial charge >= 0.3 is 0 Å². The quantitative estimate of drug-likeness (QED) is 0.343. The molecule has 6 rings (SSSR count). The predicted molar refractivity (Wildman–Crippen MR) is 148 cm³/mol. The molecule has 39 heavy (non-hydrogen) atoms. The Kier molecular flexibility index (Phi) is 6.62. The van der Waals surface area contributed by atoms with Gasteiger partial charge < -0.3 is 19.0 Å². The lowest BCUT2D eigenvalue weighted by Crippen LogP contribution is -2.49. The normalized spacial score (nSPS) is 15.1. The van der Waals surface area contributed by atoms with Crippen LogP contribution in [0.5, 0.6) is 5.75 Å². The highest BCUT2D eigenvalue weighted by atomic mass is 16.5. The van der Waals surface area contributed by atoms with Crippen molar-refractivity contribution in [1.29, 1.82) is 0 Å². The second-order valence-electron chi connectivity index (χ2n) is 9.91. The number of piperazine rings is 1. The summed E-state index contributed by atoms with van der Waals surface area (Å²) in [4.78, 5) is 21.4. The van der Waals surface area contributed by atoms with E-state index in [1.165, 1.54) is 0 Å².